The van der Waals surface area contributed by atoms with Gasteiger partial charge in [0.1, 0.15) is 177 Å². The maximum Gasteiger partial charge on any atom is 0.315 e. The molecule has 674 valence electrons. The number of ether oxygens (including phenoxy) is 15. The van der Waals surface area contributed by atoms with Gasteiger partial charge in [-0.25, -0.2) is 0 Å². The van der Waals surface area contributed by atoms with E-state index in [1.165, 1.54) is 13.8 Å². The second kappa shape index (κ2) is 35.5. The van der Waals surface area contributed by atoms with Crippen molar-refractivity contribution in [1.29, 1.82) is 0 Å². The zero-order valence-corrected chi connectivity index (χ0v) is 66.7. The van der Waals surface area contributed by atoms with Crippen molar-refractivity contribution in [1.82, 2.24) is 0 Å². The van der Waals surface area contributed by atoms with E-state index in [1.807, 2.05) is 6.92 Å². The second-order valence-corrected chi connectivity index (χ2v) is 37.0. The topological polar surface area (TPSA) is 641 Å². The van der Waals surface area contributed by atoms with Gasteiger partial charge in [0.15, 0.2) is 37.7 Å². The molecule has 40 heteroatoms. The Labute approximate surface area is 675 Å². The number of allylic oxidation sites excluding steroid dienone is 2. The minimum Gasteiger partial charge on any atom is -0.432 e. The first-order valence-electron chi connectivity index (χ1n) is 41.0. The molecule has 8 heterocycles. The van der Waals surface area contributed by atoms with Gasteiger partial charge in [0.2, 0.25) is 6.29 Å². The number of aliphatic hydroxyl groups is 24. The minimum atomic E-state index is -2.13. The average Bonchev–Trinajstić information content (AvgIpc) is 0.672. The molecule has 0 bridgehead atoms. The molecular formula is C77H126O40. The first-order chi connectivity index (χ1) is 55.0. The molecule has 0 radical (unpaired) electrons. The van der Waals surface area contributed by atoms with Gasteiger partial charge in [-0.2, -0.15) is 0 Å². The Kier molecular flexibility index (Phi) is 28.0. The molecule has 8 aliphatic heterocycles. The lowest BCUT2D eigenvalue weighted by Crippen LogP contribution is -2.69. The average molecular weight is 1690 g/mol. The SMILES string of the molecule is C[C@@H]1O[C@@H](O[C@@H]2[C@@H](O)[C@@H](O[C@@H]3O[C@H](CO)[C@@H](O)[C@H](O)[C@H]3O)CO[C@H]2[C@H]2CC[C@@]3(C)[C@@H](CC[C@]4(C)[C@@H]3CC=C3[C@@H]5CC(C)(C)CC[C@]5(C(=O)O[C@@H]5O[C@@H](C)[C@H](O[C@@H]6O[C@H](CO[C@@H]7O[C@H](CO)[C@@H](O)[C@H](O)[C@H]7O)[C@@H](O)[C@H](O)[C@H]6O)[C@@H](O)[C@H]5O)CC[C@]34C)[C@]2(C)CO)[C@H](O)[C@H](O[C@@H]2O[C@H](CO)[C@@H](O[C@@H]3O[C@H](CO)[C@@H](O)[C@H](O)[C@H]3O)[C@H](O)[C@H]2O)[C@H]1O. The van der Waals surface area contributed by atoms with Crippen LogP contribution in [-0.2, 0) is 75.8 Å². The summed E-state index contributed by atoms with van der Waals surface area (Å²) in [4.78, 5) is 15.5. The molecule has 0 aromatic carbocycles. The van der Waals surface area contributed by atoms with Crippen molar-refractivity contribution in [3.05, 3.63) is 11.6 Å². The van der Waals surface area contributed by atoms with Crippen LogP contribution in [0.4, 0.5) is 0 Å². The predicted octanol–water partition coefficient (Wildman–Crippen LogP) is -8.80. The molecule has 4 saturated carbocycles. The minimum absolute atomic E-state index is 0.0494. The fourth-order valence-electron chi connectivity index (χ4n) is 22.5. The van der Waals surface area contributed by atoms with E-state index in [4.69, 9.17) is 71.1 Å². The predicted molar refractivity (Wildman–Crippen MR) is 385 cm³/mol. The summed E-state index contributed by atoms with van der Waals surface area (Å²) in [6.07, 6.45) is -60.7. The summed E-state index contributed by atoms with van der Waals surface area (Å²) in [5.74, 6) is -2.03. The first kappa shape index (κ1) is 92.4. The Morgan fingerprint density at radius 2 is 0.880 bits per heavy atom. The molecular weight excluding hydrogens is 1560 g/mol. The lowest BCUT2D eigenvalue weighted by molar-refractivity contribution is -0.387. The van der Waals surface area contributed by atoms with Crippen LogP contribution < -0.4 is 0 Å². The third-order valence-corrected chi connectivity index (χ3v) is 29.9. The molecule has 0 aromatic heterocycles. The summed E-state index contributed by atoms with van der Waals surface area (Å²) in [5, 5.41) is 264. The molecule has 0 spiro atoms. The van der Waals surface area contributed by atoms with Crippen LogP contribution in [0.15, 0.2) is 11.6 Å². The number of esters is 1. The number of hydrogen-bond donors (Lipinski definition) is 24. The van der Waals surface area contributed by atoms with Gasteiger partial charge < -0.3 is 194 Å². The van der Waals surface area contributed by atoms with Crippen LogP contribution in [0.3, 0.4) is 0 Å². The van der Waals surface area contributed by atoms with E-state index < -0.39 is 325 Å². The van der Waals surface area contributed by atoms with E-state index in [1.54, 1.807) is 0 Å². The Morgan fingerprint density at radius 1 is 0.419 bits per heavy atom. The number of fused-ring (bicyclic) bond motifs is 7. The largest absolute Gasteiger partial charge is 0.432 e. The number of carbonyl (C=O) groups is 1. The molecule has 48 atom stereocenters. The fraction of sp³-hybridized carbons (Fsp3) is 0.961. The number of hydrogen-bond acceptors (Lipinski definition) is 40. The number of aliphatic hydroxyl groups excluding tert-OH is 24. The van der Waals surface area contributed by atoms with Crippen LogP contribution >= 0.6 is 0 Å². The van der Waals surface area contributed by atoms with E-state index in [0.717, 1.165) is 5.57 Å². The molecule has 0 aromatic rings. The zero-order chi connectivity index (χ0) is 85.3. The second-order valence-electron chi connectivity index (χ2n) is 37.0. The molecule has 12 fully saturated rings. The van der Waals surface area contributed by atoms with Crippen LogP contribution in [0.1, 0.15) is 120 Å². The van der Waals surface area contributed by atoms with Crippen LogP contribution in [-0.4, -0.2) is 414 Å². The van der Waals surface area contributed by atoms with E-state index in [2.05, 4.69) is 40.7 Å². The Morgan fingerprint density at radius 3 is 1.45 bits per heavy atom. The van der Waals surface area contributed by atoms with Gasteiger partial charge in [-0.05, 0) is 129 Å². The maximum absolute atomic E-state index is 15.5. The van der Waals surface area contributed by atoms with Gasteiger partial charge in [-0.1, -0.05) is 53.2 Å². The highest BCUT2D eigenvalue weighted by atomic mass is 16.8. The third kappa shape index (κ3) is 16.2. The van der Waals surface area contributed by atoms with E-state index in [9.17, 15) is 123 Å². The molecule has 0 unspecified atom stereocenters. The standard InChI is InChI=1S/C77H126O40/c1-27-40(83)62(115-69-57(100)51(94)61(35(23-81)110-69)114-67-54(97)48(91)43(86)34(22-80)109-67)58(101)70(105-27)116-63-45(88)37(112-66-53(96)47(90)42(85)33(21-79)108-66)24-103-60(63)30-11-13-73(5)38(74(30,6)26-82)12-14-76(8)39(73)10-9-29-31-19-72(3,4)15-17-77(31,18-16-75(29,76)7)71(102)117-65-56(99)50(93)59(28(2)106-65)113-68-55(98)49(92)44(87)36(111-68)25-104-64-52(95)46(89)41(84)32(20-78)107-64/h9,27-28,30-70,78-101H,10-26H2,1-8H3/t27-,28-,30+,31-,32+,33+,34+,35+,36+,37-,38+,39+,40-,41+,42+,43+,44+,45-,46-,47-,48-,49-,50-,51+,52+,53+,54+,55+,56+,57+,58+,59-,60-,61+,62+,63+,64+,65-,66-,67-,68-,69-,70-,73-,74+,75+,76+,77-/m0/s1. The Hall–Kier alpha value is -2.31. The van der Waals surface area contributed by atoms with Crippen LogP contribution in [0.25, 0.3) is 0 Å². The van der Waals surface area contributed by atoms with Gasteiger partial charge in [-0.15, -0.1) is 0 Å². The highest BCUT2D eigenvalue weighted by Crippen LogP contribution is 2.77. The molecule has 13 rings (SSSR count). The summed E-state index contributed by atoms with van der Waals surface area (Å²) in [6.45, 7) is 11.0. The first-order valence-corrected chi connectivity index (χ1v) is 41.0. The van der Waals surface area contributed by atoms with Crippen molar-refractivity contribution in [3.8, 4) is 0 Å². The maximum atomic E-state index is 15.5. The van der Waals surface area contributed by atoms with Gasteiger partial charge in [0.25, 0.3) is 0 Å². The van der Waals surface area contributed by atoms with Crippen LogP contribution in [0.5, 0.6) is 0 Å². The molecule has 8 saturated heterocycles. The van der Waals surface area contributed by atoms with Crippen molar-refractivity contribution < 1.29 is 198 Å². The van der Waals surface area contributed by atoms with Crippen molar-refractivity contribution in [2.75, 3.05) is 46.2 Å². The third-order valence-electron chi connectivity index (χ3n) is 29.9. The lowest BCUT2D eigenvalue weighted by Gasteiger charge is -2.72. The van der Waals surface area contributed by atoms with Crippen molar-refractivity contribution in [2.45, 2.75) is 359 Å². The fourth-order valence-corrected chi connectivity index (χ4v) is 22.5. The Balaban J connectivity index is 0.719. The molecule has 24 N–H and O–H groups in total. The molecule has 5 aliphatic carbocycles. The molecule has 40 nitrogen and oxygen atoms in total. The highest BCUT2D eigenvalue weighted by Gasteiger charge is 2.72. The summed E-state index contributed by atoms with van der Waals surface area (Å²) >= 11 is 0. The highest BCUT2D eigenvalue weighted by molar-refractivity contribution is 5.79. The number of rotatable bonds is 21. The normalized spacial score (nSPS) is 55.4. The van der Waals surface area contributed by atoms with Gasteiger partial charge >= 0.3 is 5.97 Å². The van der Waals surface area contributed by atoms with Crippen molar-refractivity contribution >= 4 is 5.97 Å². The van der Waals surface area contributed by atoms with Crippen LogP contribution in [0.2, 0.25) is 0 Å². The lowest BCUT2D eigenvalue weighted by atomic mass is 9.33. The molecule has 0 amide bonds. The summed E-state index contributed by atoms with van der Waals surface area (Å²) in [5.41, 5.74) is -2.89. The number of carbonyl (C=O) groups excluding carboxylic acids is 1. The monoisotopic (exact) mass is 1690 g/mol. The van der Waals surface area contributed by atoms with Gasteiger partial charge in [-0.3, -0.25) is 4.79 Å². The van der Waals surface area contributed by atoms with Crippen LogP contribution in [0, 0.1) is 56.2 Å². The van der Waals surface area contributed by atoms with Gasteiger partial charge in [0.05, 0.1) is 63.4 Å². The molecule has 117 heavy (non-hydrogen) atoms. The van der Waals surface area contributed by atoms with E-state index in [-0.39, 0.29) is 23.2 Å². The van der Waals surface area contributed by atoms with E-state index >= 15 is 4.79 Å². The van der Waals surface area contributed by atoms with Crippen molar-refractivity contribution in [2.24, 2.45) is 56.2 Å². The smallest absolute Gasteiger partial charge is 0.315 e. The summed E-state index contributed by atoms with van der Waals surface area (Å²) < 4.78 is 89.9. The quantitative estimate of drug-likeness (QED) is 0.0375. The van der Waals surface area contributed by atoms with Gasteiger partial charge in [0, 0.05) is 6.61 Å². The zero-order valence-electron chi connectivity index (χ0n) is 66.7. The van der Waals surface area contributed by atoms with Crippen molar-refractivity contribution in [3.63, 3.8) is 0 Å². The Bertz CT molecular complexity index is 3340. The molecule has 13 aliphatic rings. The summed E-state index contributed by atoms with van der Waals surface area (Å²) in [7, 11) is 0. The summed E-state index contributed by atoms with van der Waals surface area (Å²) in [6, 6.07) is 0. The van der Waals surface area contributed by atoms with E-state index in [0.29, 0.717) is 64.2 Å².